The predicted octanol–water partition coefficient (Wildman–Crippen LogP) is 6.92. The minimum absolute atomic E-state index is 0.0935. The number of halogens is 2. The lowest BCUT2D eigenvalue weighted by molar-refractivity contribution is -0.140. The van der Waals surface area contributed by atoms with Crippen molar-refractivity contribution >= 4 is 17.6 Å². The molecule has 0 unspecified atom stereocenters. The van der Waals surface area contributed by atoms with Gasteiger partial charge >= 0.3 is 5.97 Å². The quantitative estimate of drug-likeness (QED) is 0.275. The average Bonchev–Trinajstić information content (AvgIpc) is 2.81. The van der Waals surface area contributed by atoms with Crippen molar-refractivity contribution in [3.05, 3.63) is 82.6 Å². The molecule has 0 aliphatic heterocycles. The van der Waals surface area contributed by atoms with E-state index in [9.17, 15) is 9.18 Å². The number of carbonyl (C=O) groups excluding carboxylic acids is 1. The molecule has 0 heterocycles. The molecule has 0 radical (unpaired) electrons. The molecule has 3 aromatic carbocycles. The minimum atomic E-state index is -0.471. The topological polar surface area (TPSA) is 54.0 Å². The Kier molecular flexibility index (Phi) is 9.16. The lowest BCUT2D eigenvalue weighted by Crippen LogP contribution is -2.16. The van der Waals surface area contributed by atoms with Crippen molar-refractivity contribution in [2.45, 2.75) is 39.2 Å². The summed E-state index contributed by atoms with van der Waals surface area (Å²) in [7, 11) is 1.39. The molecule has 0 spiro atoms. The zero-order valence-electron chi connectivity index (χ0n) is 19.5. The molecule has 5 nitrogen and oxygen atoms in total. The van der Waals surface area contributed by atoms with Crippen LogP contribution in [-0.4, -0.2) is 25.8 Å². The number of hydrogen-bond donors (Lipinski definition) is 0. The Morgan fingerprint density at radius 3 is 2.56 bits per heavy atom. The lowest BCUT2D eigenvalue weighted by Gasteiger charge is -2.18. The fourth-order valence-electron chi connectivity index (χ4n) is 3.30. The van der Waals surface area contributed by atoms with E-state index in [1.807, 2.05) is 32.0 Å². The van der Waals surface area contributed by atoms with Gasteiger partial charge < -0.3 is 18.9 Å². The van der Waals surface area contributed by atoms with Crippen molar-refractivity contribution < 1.29 is 28.1 Å². The highest BCUT2D eigenvalue weighted by Gasteiger charge is 2.14. The van der Waals surface area contributed by atoms with Gasteiger partial charge in [-0.15, -0.1) is 0 Å². The second kappa shape index (κ2) is 12.3. The Labute approximate surface area is 204 Å². The van der Waals surface area contributed by atoms with Gasteiger partial charge in [0.2, 0.25) is 0 Å². The van der Waals surface area contributed by atoms with Gasteiger partial charge in [-0.1, -0.05) is 29.8 Å². The van der Waals surface area contributed by atoms with Crippen LogP contribution in [0.5, 0.6) is 23.0 Å². The van der Waals surface area contributed by atoms with Crippen LogP contribution in [0, 0.1) is 12.7 Å². The van der Waals surface area contributed by atoms with Gasteiger partial charge in [-0.05, 0) is 67.8 Å². The molecule has 3 rings (SSSR count). The zero-order valence-corrected chi connectivity index (χ0v) is 20.2. The number of methoxy groups -OCH3 is 1. The number of para-hydroxylation sites is 1. The average molecular weight is 487 g/mol. The van der Waals surface area contributed by atoms with Crippen LogP contribution >= 0.6 is 11.6 Å². The standard InChI is InChI=1S/C27H28ClFO5/c1-18-16-22(11-8-20(18)9-13-27(30)31-3)32-15-14-19(2)33-25-12-10-21(28)17-26(25)34-24-7-5-4-6-23(24)29/h4-8,10-12,16-17,19H,9,13-15H2,1-3H3/t19-/m1/s1. The van der Waals surface area contributed by atoms with Crippen LogP contribution in [-0.2, 0) is 16.0 Å². The summed E-state index contributed by atoms with van der Waals surface area (Å²) in [5, 5.41) is 0.458. The largest absolute Gasteiger partial charge is 0.493 e. The maximum atomic E-state index is 14.0. The molecule has 0 amide bonds. The van der Waals surface area contributed by atoms with Crippen LogP contribution in [0.15, 0.2) is 60.7 Å². The number of carbonyl (C=O) groups is 1. The summed E-state index contributed by atoms with van der Waals surface area (Å²) in [6.07, 6.45) is 1.40. The summed E-state index contributed by atoms with van der Waals surface area (Å²) < 4.78 is 36.3. The highest BCUT2D eigenvalue weighted by Crippen LogP contribution is 2.35. The van der Waals surface area contributed by atoms with Gasteiger partial charge in [0.15, 0.2) is 23.1 Å². The Morgan fingerprint density at radius 1 is 1.03 bits per heavy atom. The third kappa shape index (κ3) is 7.39. The van der Waals surface area contributed by atoms with E-state index < -0.39 is 5.82 Å². The van der Waals surface area contributed by atoms with Crippen LogP contribution in [0.1, 0.15) is 30.9 Å². The maximum Gasteiger partial charge on any atom is 0.305 e. The first-order valence-corrected chi connectivity index (χ1v) is 11.4. The number of esters is 1. The first kappa shape index (κ1) is 25.4. The normalized spacial score (nSPS) is 11.6. The van der Waals surface area contributed by atoms with Crippen LogP contribution in [0.4, 0.5) is 4.39 Å². The first-order chi connectivity index (χ1) is 16.4. The molecule has 0 fully saturated rings. The van der Waals surface area contributed by atoms with E-state index in [1.54, 1.807) is 36.4 Å². The maximum absolute atomic E-state index is 14.0. The molecule has 7 heteroatoms. The highest BCUT2D eigenvalue weighted by atomic mass is 35.5. The van der Waals surface area contributed by atoms with Gasteiger partial charge in [-0.2, -0.15) is 0 Å². The molecule has 34 heavy (non-hydrogen) atoms. The minimum Gasteiger partial charge on any atom is -0.493 e. The summed E-state index contributed by atoms with van der Waals surface area (Å²) in [5.74, 6) is 0.949. The lowest BCUT2D eigenvalue weighted by atomic mass is 10.0. The van der Waals surface area contributed by atoms with Gasteiger partial charge in [-0.25, -0.2) is 4.39 Å². The summed E-state index contributed by atoms with van der Waals surface area (Å²) in [6, 6.07) is 17.0. The Hall–Kier alpha value is -3.25. The second-order valence-corrected chi connectivity index (χ2v) is 8.29. The van der Waals surface area contributed by atoms with E-state index in [2.05, 4.69) is 0 Å². The number of aryl methyl sites for hydroxylation is 2. The fraction of sp³-hybridized carbons (Fsp3) is 0.296. The van der Waals surface area contributed by atoms with E-state index >= 15 is 0 Å². The number of rotatable bonds is 11. The molecule has 180 valence electrons. The zero-order chi connectivity index (χ0) is 24.5. The Morgan fingerprint density at radius 2 is 1.82 bits per heavy atom. The van der Waals surface area contributed by atoms with E-state index in [1.165, 1.54) is 13.2 Å². The molecule has 3 aromatic rings. The molecular formula is C27H28ClFO5. The SMILES string of the molecule is COC(=O)CCc1ccc(OCC[C@@H](C)Oc2ccc(Cl)cc2Oc2ccccc2F)cc1C. The molecule has 0 aromatic heterocycles. The second-order valence-electron chi connectivity index (χ2n) is 7.85. The number of benzene rings is 3. The fourth-order valence-corrected chi connectivity index (χ4v) is 3.46. The van der Waals surface area contributed by atoms with Crippen molar-refractivity contribution in [2.75, 3.05) is 13.7 Å². The van der Waals surface area contributed by atoms with Crippen LogP contribution in [0.2, 0.25) is 5.02 Å². The number of ether oxygens (including phenoxy) is 4. The molecule has 0 N–H and O–H groups in total. The van der Waals surface area contributed by atoms with Gasteiger partial charge in [0.25, 0.3) is 0 Å². The van der Waals surface area contributed by atoms with E-state index in [0.717, 1.165) is 16.9 Å². The van der Waals surface area contributed by atoms with Gasteiger partial charge in [0.05, 0.1) is 19.8 Å². The molecular weight excluding hydrogens is 459 g/mol. The van der Waals surface area contributed by atoms with E-state index in [4.69, 9.17) is 30.5 Å². The van der Waals surface area contributed by atoms with Gasteiger partial charge in [0.1, 0.15) is 5.75 Å². The first-order valence-electron chi connectivity index (χ1n) is 11.0. The van der Waals surface area contributed by atoms with E-state index in [-0.39, 0.29) is 17.8 Å². The summed E-state index contributed by atoms with van der Waals surface area (Å²) in [6.45, 7) is 4.36. The monoisotopic (exact) mass is 486 g/mol. The third-order valence-electron chi connectivity index (χ3n) is 5.22. The molecule has 0 bridgehead atoms. The highest BCUT2D eigenvalue weighted by molar-refractivity contribution is 6.30. The van der Waals surface area contributed by atoms with Crippen molar-refractivity contribution in [1.29, 1.82) is 0 Å². The molecule has 0 saturated carbocycles. The molecule has 0 saturated heterocycles. The Bertz CT molecular complexity index is 1120. The van der Waals surface area contributed by atoms with Crippen LogP contribution in [0.25, 0.3) is 0 Å². The van der Waals surface area contributed by atoms with Crippen molar-refractivity contribution in [3.63, 3.8) is 0 Å². The summed E-state index contributed by atoms with van der Waals surface area (Å²) in [5.41, 5.74) is 2.14. The van der Waals surface area contributed by atoms with Gasteiger partial charge in [0, 0.05) is 23.9 Å². The van der Waals surface area contributed by atoms with Crippen molar-refractivity contribution in [2.24, 2.45) is 0 Å². The molecule has 0 aliphatic carbocycles. The predicted molar refractivity (Wildman–Crippen MR) is 130 cm³/mol. The third-order valence-corrected chi connectivity index (χ3v) is 5.46. The van der Waals surface area contributed by atoms with Crippen LogP contribution < -0.4 is 14.2 Å². The smallest absolute Gasteiger partial charge is 0.305 e. The molecule has 0 aliphatic rings. The Balaban J connectivity index is 1.54. The van der Waals surface area contributed by atoms with Crippen LogP contribution in [0.3, 0.4) is 0 Å². The van der Waals surface area contributed by atoms with E-state index in [0.29, 0.717) is 42.4 Å². The van der Waals surface area contributed by atoms with Gasteiger partial charge in [-0.3, -0.25) is 4.79 Å². The summed E-state index contributed by atoms with van der Waals surface area (Å²) >= 11 is 6.11. The number of hydrogen-bond acceptors (Lipinski definition) is 5. The van der Waals surface area contributed by atoms with Crippen molar-refractivity contribution in [1.82, 2.24) is 0 Å². The van der Waals surface area contributed by atoms with Crippen molar-refractivity contribution in [3.8, 4) is 23.0 Å². The molecule has 1 atom stereocenters. The summed E-state index contributed by atoms with van der Waals surface area (Å²) in [4.78, 5) is 11.4.